The van der Waals surface area contributed by atoms with Gasteiger partial charge in [0.1, 0.15) is 17.9 Å². The monoisotopic (exact) mass is 170 g/mol. The maximum absolute atomic E-state index is 13.1. The number of carbonyl (C=O) groups is 1. The van der Waals surface area contributed by atoms with E-state index in [0.717, 1.165) is 6.07 Å². The highest BCUT2D eigenvalue weighted by atomic mass is 19.1. The number of rotatable bonds is 2. The summed E-state index contributed by atoms with van der Waals surface area (Å²) >= 11 is 0. The van der Waals surface area contributed by atoms with Crippen LogP contribution in [-0.4, -0.2) is 6.29 Å². The molecule has 0 aliphatic carbocycles. The average Bonchev–Trinajstić information content (AvgIpc) is 2.06. The van der Waals surface area contributed by atoms with Crippen LogP contribution in [0.2, 0.25) is 0 Å². The van der Waals surface area contributed by atoms with E-state index in [4.69, 9.17) is 0 Å². The molecule has 1 aromatic rings. The van der Waals surface area contributed by atoms with Crippen LogP contribution in [0.4, 0.5) is 8.78 Å². The molecule has 1 rings (SSSR count). The Balaban J connectivity index is 3.22. The Kier molecular flexibility index (Phi) is 2.53. The van der Waals surface area contributed by atoms with Crippen LogP contribution in [-0.2, 0) is 11.2 Å². The minimum absolute atomic E-state index is 0.148. The zero-order chi connectivity index (χ0) is 9.14. The van der Waals surface area contributed by atoms with Crippen LogP contribution in [0, 0.1) is 18.6 Å². The predicted octanol–water partition coefficient (Wildman–Crippen LogP) is 2.01. The Morgan fingerprint density at radius 1 is 1.42 bits per heavy atom. The first-order valence-electron chi connectivity index (χ1n) is 3.54. The molecule has 0 heterocycles. The summed E-state index contributed by atoms with van der Waals surface area (Å²) in [5, 5.41) is 0. The number of aryl methyl sites for hydroxylation is 1. The van der Waals surface area contributed by atoms with Crippen LogP contribution >= 0.6 is 0 Å². The molecular formula is C9H8F2O. The minimum atomic E-state index is -0.662. The molecule has 0 spiro atoms. The molecule has 1 nitrogen and oxygen atoms in total. The van der Waals surface area contributed by atoms with Gasteiger partial charge in [0.2, 0.25) is 0 Å². The lowest BCUT2D eigenvalue weighted by Crippen LogP contribution is -1.98. The smallest absolute Gasteiger partial charge is 0.132 e. The fourth-order valence-corrected chi connectivity index (χ4v) is 0.985. The van der Waals surface area contributed by atoms with E-state index in [1.54, 1.807) is 0 Å². The standard InChI is InChI=1S/C9H8F2O/c1-6-2-3-8(10)7(4-5-12)9(6)11/h2-3,5H,4H2,1H3. The van der Waals surface area contributed by atoms with Crippen LogP contribution in [0.3, 0.4) is 0 Å². The number of hydrogen-bond acceptors (Lipinski definition) is 1. The van der Waals surface area contributed by atoms with Crippen LogP contribution in [0.25, 0.3) is 0 Å². The lowest BCUT2D eigenvalue weighted by atomic mass is 10.1. The number of aldehydes is 1. The summed E-state index contributed by atoms with van der Waals surface area (Å²) in [5.41, 5.74) is 0.207. The first-order valence-corrected chi connectivity index (χ1v) is 3.54. The number of halogens is 2. The minimum Gasteiger partial charge on any atom is -0.303 e. The second-order valence-corrected chi connectivity index (χ2v) is 2.53. The lowest BCUT2D eigenvalue weighted by Gasteiger charge is -2.02. The van der Waals surface area contributed by atoms with Crippen molar-refractivity contribution in [3.63, 3.8) is 0 Å². The van der Waals surface area contributed by atoms with Crippen molar-refractivity contribution >= 4 is 6.29 Å². The van der Waals surface area contributed by atoms with Crippen molar-refractivity contribution in [3.05, 3.63) is 34.9 Å². The summed E-state index contributed by atoms with van der Waals surface area (Å²) in [6.45, 7) is 1.53. The molecule has 1 aromatic carbocycles. The molecule has 0 aliphatic rings. The highest BCUT2D eigenvalue weighted by molar-refractivity contribution is 5.55. The molecule has 0 saturated heterocycles. The van der Waals surface area contributed by atoms with E-state index in [1.807, 2.05) is 0 Å². The van der Waals surface area contributed by atoms with Gasteiger partial charge in [-0.05, 0) is 18.6 Å². The third-order valence-electron chi connectivity index (χ3n) is 1.67. The molecule has 0 aromatic heterocycles. The van der Waals surface area contributed by atoms with Crippen molar-refractivity contribution in [3.8, 4) is 0 Å². The van der Waals surface area contributed by atoms with E-state index < -0.39 is 11.6 Å². The molecule has 64 valence electrons. The number of carbonyl (C=O) groups excluding carboxylic acids is 1. The third-order valence-corrected chi connectivity index (χ3v) is 1.67. The molecule has 0 saturated carbocycles. The van der Waals surface area contributed by atoms with Gasteiger partial charge in [0, 0.05) is 12.0 Å². The zero-order valence-corrected chi connectivity index (χ0v) is 6.60. The molecule has 0 radical (unpaired) electrons. The van der Waals surface area contributed by atoms with Gasteiger partial charge >= 0.3 is 0 Å². The van der Waals surface area contributed by atoms with Crippen molar-refractivity contribution < 1.29 is 13.6 Å². The predicted molar refractivity (Wildman–Crippen MR) is 40.9 cm³/mol. The van der Waals surface area contributed by atoms with Gasteiger partial charge in [-0.25, -0.2) is 8.78 Å². The first kappa shape index (κ1) is 8.84. The van der Waals surface area contributed by atoms with Crippen molar-refractivity contribution in [2.45, 2.75) is 13.3 Å². The topological polar surface area (TPSA) is 17.1 Å². The highest BCUT2D eigenvalue weighted by Crippen LogP contribution is 2.15. The van der Waals surface area contributed by atoms with Crippen LogP contribution in [0.15, 0.2) is 12.1 Å². The van der Waals surface area contributed by atoms with Crippen molar-refractivity contribution in [2.75, 3.05) is 0 Å². The highest BCUT2D eigenvalue weighted by Gasteiger charge is 2.09. The quantitative estimate of drug-likeness (QED) is 0.620. The number of hydrogen-bond donors (Lipinski definition) is 0. The fraction of sp³-hybridized carbons (Fsp3) is 0.222. The summed E-state index contributed by atoms with van der Waals surface area (Å²) in [6, 6.07) is 2.51. The lowest BCUT2D eigenvalue weighted by molar-refractivity contribution is -0.107. The Morgan fingerprint density at radius 3 is 2.67 bits per heavy atom. The largest absolute Gasteiger partial charge is 0.303 e. The SMILES string of the molecule is Cc1ccc(F)c(CC=O)c1F. The van der Waals surface area contributed by atoms with E-state index in [1.165, 1.54) is 13.0 Å². The second kappa shape index (κ2) is 3.43. The van der Waals surface area contributed by atoms with E-state index in [-0.39, 0.29) is 12.0 Å². The van der Waals surface area contributed by atoms with Gasteiger partial charge in [0.05, 0.1) is 0 Å². The Labute approximate surface area is 69.0 Å². The van der Waals surface area contributed by atoms with Gasteiger partial charge in [0.15, 0.2) is 0 Å². The molecular weight excluding hydrogens is 162 g/mol. The van der Waals surface area contributed by atoms with Crippen molar-refractivity contribution in [1.29, 1.82) is 0 Å². The Bertz CT molecular complexity index is 308. The van der Waals surface area contributed by atoms with Gasteiger partial charge in [-0.3, -0.25) is 0 Å². The van der Waals surface area contributed by atoms with E-state index in [0.29, 0.717) is 11.8 Å². The summed E-state index contributed by atoms with van der Waals surface area (Å²) in [7, 11) is 0. The Hall–Kier alpha value is -1.25. The molecule has 12 heavy (non-hydrogen) atoms. The molecule has 0 aliphatic heterocycles. The molecule has 0 fully saturated rings. The molecule has 3 heteroatoms. The van der Waals surface area contributed by atoms with Crippen LogP contribution in [0.5, 0.6) is 0 Å². The molecule has 0 unspecified atom stereocenters. The van der Waals surface area contributed by atoms with Crippen molar-refractivity contribution in [2.24, 2.45) is 0 Å². The fourth-order valence-electron chi connectivity index (χ4n) is 0.985. The molecule has 0 amide bonds. The summed E-state index contributed by atoms with van der Waals surface area (Å²) in [6.07, 6.45) is 0.278. The third kappa shape index (κ3) is 1.49. The van der Waals surface area contributed by atoms with Crippen molar-refractivity contribution in [1.82, 2.24) is 0 Å². The van der Waals surface area contributed by atoms with Gasteiger partial charge in [0.25, 0.3) is 0 Å². The summed E-state index contributed by atoms with van der Waals surface area (Å²) in [5.74, 6) is -1.28. The maximum atomic E-state index is 13.1. The molecule has 0 bridgehead atoms. The average molecular weight is 170 g/mol. The summed E-state index contributed by atoms with van der Waals surface area (Å²) < 4.78 is 25.9. The van der Waals surface area contributed by atoms with Gasteiger partial charge < -0.3 is 4.79 Å². The van der Waals surface area contributed by atoms with E-state index in [2.05, 4.69) is 0 Å². The second-order valence-electron chi connectivity index (χ2n) is 2.53. The van der Waals surface area contributed by atoms with E-state index in [9.17, 15) is 13.6 Å². The van der Waals surface area contributed by atoms with E-state index >= 15 is 0 Å². The van der Waals surface area contributed by atoms with Crippen LogP contribution < -0.4 is 0 Å². The van der Waals surface area contributed by atoms with Gasteiger partial charge in [-0.2, -0.15) is 0 Å². The van der Waals surface area contributed by atoms with Crippen LogP contribution in [0.1, 0.15) is 11.1 Å². The Morgan fingerprint density at radius 2 is 2.08 bits per heavy atom. The zero-order valence-electron chi connectivity index (χ0n) is 6.60. The van der Waals surface area contributed by atoms with Gasteiger partial charge in [-0.1, -0.05) is 6.07 Å². The molecule has 0 atom stereocenters. The molecule has 0 N–H and O–H groups in total. The summed E-state index contributed by atoms with van der Waals surface area (Å²) in [4.78, 5) is 10.1. The first-order chi connectivity index (χ1) is 5.66. The normalized spacial score (nSPS) is 9.92. The van der Waals surface area contributed by atoms with Gasteiger partial charge in [-0.15, -0.1) is 0 Å². The maximum Gasteiger partial charge on any atom is 0.132 e. The number of benzene rings is 1.